The smallest absolute Gasteiger partial charge is 0.176 e. The summed E-state index contributed by atoms with van der Waals surface area (Å²) in [5.41, 5.74) is 2.46. The van der Waals surface area contributed by atoms with E-state index in [1.54, 1.807) is 34.5 Å². The van der Waals surface area contributed by atoms with Crippen LogP contribution in [0.3, 0.4) is 0 Å². The molecular weight excluding hydrogens is 550 g/mol. The molecule has 0 aliphatic carbocycles. The molecule has 0 aliphatic heterocycles. The summed E-state index contributed by atoms with van der Waals surface area (Å²) in [4.78, 5) is 0. The number of oxime groups is 1. The van der Waals surface area contributed by atoms with Crippen LogP contribution in [0.2, 0.25) is 0 Å². The summed E-state index contributed by atoms with van der Waals surface area (Å²) in [5, 5.41) is 12.2. The molecule has 0 aliphatic rings. The van der Waals surface area contributed by atoms with Crippen LogP contribution in [-0.4, -0.2) is 39.9 Å². The Balaban J connectivity index is 2.68. The minimum Gasteiger partial charge on any atom is -0.493 e. The van der Waals surface area contributed by atoms with Crippen molar-refractivity contribution in [1.82, 2.24) is 0 Å². The van der Waals surface area contributed by atoms with Crippen molar-refractivity contribution in [3.8, 4) is 23.0 Å². The zero-order chi connectivity index (χ0) is 20.1. The van der Waals surface area contributed by atoms with Gasteiger partial charge < -0.3 is 24.2 Å². The van der Waals surface area contributed by atoms with Gasteiger partial charge in [0.25, 0.3) is 0 Å². The topological polar surface area (TPSA) is 69.5 Å². The monoisotopic (exact) mass is 565 g/mol. The second kappa shape index (κ2) is 9.66. The molecule has 0 atom stereocenters. The fraction of sp³-hybridized carbons (Fsp3) is 0.278. The van der Waals surface area contributed by atoms with Crippen molar-refractivity contribution >= 4 is 54.0 Å². The molecule has 0 amide bonds. The Labute approximate surface area is 182 Å². The predicted octanol–water partition coefficient (Wildman–Crippen LogP) is 5.41. The van der Waals surface area contributed by atoms with Gasteiger partial charge in [-0.15, -0.1) is 0 Å². The summed E-state index contributed by atoms with van der Waals surface area (Å²) in [6, 6.07) is 3.64. The highest BCUT2D eigenvalue weighted by Gasteiger charge is 2.21. The maximum Gasteiger partial charge on any atom is 0.176 e. The van der Waals surface area contributed by atoms with E-state index in [4.69, 9.17) is 24.2 Å². The SMILES string of the molecule is COc1cc(Cc2c(C=NO)cc(OC)c(OC)c2Br)c(Br)c(Br)c1OC. The van der Waals surface area contributed by atoms with Crippen molar-refractivity contribution in [2.24, 2.45) is 5.16 Å². The molecule has 0 saturated heterocycles. The number of hydrogen-bond acceptors (Lipinski definition) is 6. The standard InChI is InChI=1S/C18H18Br3NO5/c1-24-12-6-9(14(19)16(21)18(12)27-4)5-11-10(8-22-23)7-13(25-2)17(26-3)15(11)20/h6-8,23H,5H2,1-4H3. The van der Waals surface area contributed by atoms with Crippen molar-refractivity contribution < 1.29 is 24.2 Å². The number of ether oxygens (including phenoxy) is 4. The highest BCUT2D eigenvalue weighted by atomic mass is 79.9. The molecule has 2 aromatic rings. The first kappa shape index (κ1) is 21.8. The molecule has 1 N–H and O–H groups in total. The third kappa shape index (κ3) is 4.35. The van der Waals surface area contributed by atoms with Crippen LogP contribution in [0.4, 0.5) is 0 Å². The molecule has 6 nitrogen and oxygen atoms in total. The van der Waals surface area contributed by atoms with Gasteiger partial charge >= 0.3 is 0 Å². The van der Waals surface area contributed by atoms with Crippen LogP contribution >= 0.6 is 47.8 Å². The molecule has 146 valence electrons. The number of halogens is 3. The van der Waals surface area contributed by atoms with E-state index >= 15 is 0 Å². The summed E-state index contributed by atoms with van der Waals surface area (Å²) in [6.07, 6.45) is 1.84. The molecular formula is C18H18Br3NO5. The molecule has 9 heteroatoms. The molecule has 0 saturated carbocycles. The van der Waals surface area contributed by atoms with Crippen LogP contribution in [0.1, 0.15) is 16.7 Å². The van der Waals surface area contributed by atoms with Gasteiger partial charge in [-0.1, -0.05) is 5.16 Å². The Bertz CT molecular complexity index is 871. The summed E-state index contributed by atoms with van der Waals surface area (Å²) < 4.78 is 24.0. The van der Waals surface area contributed by atoms with Crippen LogP contribution in [0.5, 0.6) is 23.0 Å². The van der Waals surface area contributed by atoms with Crippen LogP contribution in [-0.2, 0) is 6.42 Å². The fourth-order valence-electron chi connectivity index (χ4n) is 2.66. The van der Waals surface area contributed by atoms with E-state index in [2.05, 4.69) is 52.9 Å². The van der Waals surface area contributed by atoms with Crippen LogP contribution in [0, 0.1) is 0 Å². The Morgan fingerprint density at radius 1 is 0.852 bits per heavy atom. The van der Waals surface area contributed by atoms with Gasteiger partial charge in [0.2, 0.25) is 0 Å². The van der Waals surface area contributed by atoms with Crippen LogP contribution in [0.15, 0.2) is 30.7 Å². The molecule has 0 unspecified atom stereocenters. The zero-order valence-corrected chi connectivity index (χ0v) is 19.9. The highest BCUT2D eigenvalue weighted by Crippen LogP contribution is 2.45. The van der Waals surface area contributed by atoms with E-state index < -0.39 is 0 Å². The largest absolute Gasteiger partial charge is 0.493 e. The number of hydrogen-bond donors (Lipinski definition) is 1. The predicted molar refractivity (Wildman–Crippen MR) is 114 cm³/mol. The first-order valence-corrected chi connectivity index (χ1v) is 10.0. The normalized spacial score (nSPS) is 10.9. The second-order valence-corrected chi connectivity index (χ2v) is 7.69. The van der Waals surface area contributed by atoms with Gasteiger partial charge in [-0.25, -0.2) is 0 Å². The number of rotatable bonds is 7. The zero-order valence-electron chi connectivity index (χ0n) is 15.1. The van der Waals surface area contributed by atoms with Gasteiger partial charge in [0, 0.05) is 16.5 Å². The molecule has 0 spiro atoms. The second-order valence-electron chi connectivity index (χ2n) is 5.31. The summed E-state index contributed by atoms with van der Waals surface area (Å²) in [6.45, 7) is 0. The maximum absolute atomic E-state index is 9.07. The van der Waals surface area contributed by atoms with Crippen LogP contribution < -0.4 is 18.9 Å². The van der Waals surface area contributed by atoms with Crippen molar-refractivity contribution in [3.05, 3.63) is 42.2 Å². The molecule has 0 radical (unpaired) electrons. The molecule has 2 rings (SSSR count). The van der Waals surface area contributed by atoms with E-state index in [1.165, 1.54) is 6.21 Å². The molecule has 0 heterocycles. The summed E-state index contributed by atoms with van der Waals surface area (Å²) in [7, 11) is 6.27. The Kier molecular flexibility index (Phi) is 7.81. The van der Waals surface area contributed by atoms with Gasteiger partial charge in [0.15, 0.2) is 23.0 Å². The minimum atomic E-state index is 0.488. The van der Waals surface area contributed by atoms with Crippen molar-refractivity contribution in [3.63, 3.8) is 0 Å². The first-order chi connectivity index (χ1) is 12.9. The third-order valence-corrected chi connectivity index (χ3v) is 6.97. The average Bonchev–Trinajstić information content (AvgIpc) is 2.67. The van der Waals surface area contributed by atoms with Crippen LogP contribution in [0.25, 0.3) is 0 Å². The van der Waals surface area contributed by atoms with Gasteiger partial charge in [-0.05, 0) is 71.0 Å². The lowest BCUT2D eigenvalue weighted by Gasteiger charge is -2.18. The molecule has 0 fully saturated rings. The lowest BCUT2D eigenvalue weighted by Crippen LogP contribution is -2.03. The summed E-state index contributed by atoms with van der Waals surface area (Å²) in [5.74, 6) is 2.27. The number of methoxy groups -OCH3 is 4. The Hall–Kier alpha value is -1.45. The van der Waals surface area contributed by atoms with Crippen molar-refractivity contribution in [2.75, 3.05) is 28.4 Å². The first-order valence-electron chi connectivity index (χ1n) is 7.63. The maximum atomic E-state index is 9.07. The molecule has 0 bridgehead atoms. The van der Waals surface area contributed by atoms with Crippen molar-refractivity contribution in [1.29, 1.82) is 0 Å². The lowest BCUT2D eigenvalue weighted by atomic mass is 9.99. The average molecular weight is 568 g/mol. The highest BCUT2D eigenvalue weighted by molar-refractivity contribution is 9.13. The lowest BCUT2D eigenvalue weighted by molar-refractivity contribution is 0.321. The number of nitrogens with zero attached hydrogens (tertiary/aromatic N) is 1. The quantitative estimate of drug-likeness (QED) is 0.275. The minimum absolute atomic E-state index is 0.488. The van der Waals surface area contributed by atoms with Crippen molar-refractivity contribution in [2.45, 2.75) is 6.42 Å². The Morgan fingerprint density at radius 3 is 1.93 bits per heavy atom. The van der Waals surface area contributed by atoms with Gasteiger partial charge in [-0.2, -0.15) is 0 Å². The molecule has 2 aromatic carbocycles. The van der Waals surface area contributed by atoms with Gasteiger partial charge in [0.05, 0.1) is 43.6 Å². The van der Waals surface area contributed by atoms with E-state index in [0.717, 1.165) is 20.1 Å². The Morgan fingerprint density at radius 2 is 1.41 bits per heavy atom. The third-order valence-electron chi connectivity index (χ3n) is 3.94. The van der Waals surface area contributed by atoms with Gasteiger partial charge in [-0.3, -0.25) is 0 Å². The summed E-state index contributed by atoms with van der Waals surface area (Å²) >= 11 is 10.7. The molecule has 27 heavy (non-hydrogen) atoms. The molecule has 0 aromatic heterocycles. The van der Waals surface area contributed by atoms with E-state index in [1.807, 2.05) is 6.07 Å². The van der Waals surface area contributed by atoms with Gasteiger partial charge in [0.1, 0.15) is 0 Å². The fourth-order valence-corrected chi connectivity index (χ4v) is 4.43. The van der Waals surface area contributed by atoms with E-state index in [-0.39, 0.29) is 0 Å². The number of benzene rings is 2. The van der Waals surface area contributed by atoms with E-state index in [0.29, 0.717) is 39.5 Å². The van der Waals surface area contributed by atoms with E-state index in [9.17, 15) is 0 Å².